The molecule has 3 amide bonds. The monoisotopic (exact) mass is 402 g/mol. The first-order valence-electron chi connectivity index (χ1n) is 8.66. The Kier molecular flexibility index (Phi) is 5.42. The van der Waals surface area contributed by atoms with E-state index in [1.54, 1.807) is 31.2 Å². The molecule has 0 radical (unpaired) electrons. The largest absolute Gasteiger partial charge is 0.489 e. The van der Waals surface area contributed by atoms with Crippen LogP contribution in [0.5, 0.6) is 5.75 Å². The van der Waals surface area contributed by atoms with E-state index in [1.165, 1.54) is 12.1 Å². The lowest BCUT2D eigenvalue weighted by Gasteiger charge is -2.22. The molecule has 1 saturated heterocycles. The zero-order chi connectivity index (χ0) is 20.5. The third-order valence-electron chi connectivity index (χ3n) is 4.54. The number of nitrogens with zero attached hydrogens (tertiary/aromatic N) is 1. The molecule has 0 bridgehead atoms. The van der Waals surface area contributed by atoms with Crippen molar-refractivity contribution < 1.29 is 18.7 Å². The fraction of sp³-hybridized carbons (Fsp3) is 0.238. The normalized spacial score (nSPS) is 18.9. The number of carbonyl (C=O) groups is 2. The van der Waals surface area contributed by atoms with Crippen LogP contribution in [-0.2, 0) is 16.9 Å². The highest BCUT2D eigenvalue weighted by atomic mass is 35.5. The van der Waals surface area contributed by atoms with E-state index < -0.39 is 23.3 Å². The summed E-state index contributed by atoms with van der Waals surface area (Å²) in [5, 5.41) is 2.95. The average Bonchev–Trinajstić information content (AvgIpc) is 2.86. The van der Waals surface area contributed by atoms with Crippen LogP contribution in [0.2, 0.25) is 5.02 Å². The highest BCUT2D eigenvalue weighted by molar-refractivity contribution is 6.30. The maximum atomic E-state index is 14.1. The van der Waals surface area contributed by atoms with Gasteiger partial charge in [0.15, 0.2) is 0 Å². The maximum absolute atomic E-state index is 14.1. The van der Waals surface area contributed by atoms with E-state index >= 15 is 0 Å². The highest BCUT2D eigenvalue weighted by Crippen LogP contribution is 2.31. The first kappa shape index (κ1) is 19.9. The van der Waals surface area contributed by atoms with Crippen LogP contribution >= 0.6 is 11.6 Å². The van der Waals surface area contributed by atoms with E-state index in [-0.39, 0.29) is 17.1 Å². The molecule has 1 unspecified atom stereocenters. The molecule has 28 heavy (non-hydrogen) atoms. The summed E-state index contributed by atoms with van der Waals surface area (Å²) in [5.41, 5.74) is 0.458. The Bertz CT molecular complexity index is 945. The third kappa shape index (κ3) is 3.87. The predicted octanol–water partition coefficient (Wildman–Crippen LogP) is 4.40. The van der Waals surface area contributed by atoms with E-state index in [9.17, 15) is 14.0 Å². The van der Waals surface area contributed by atoms with Crippen LogP contribution < -0.4 is 10.1 Å². The molecule has 1 fully saturated rings. The summed E-state index contributed by atoms with van der Waals surface area (Å²) in [6.07, 6.45) is 0. The number of hydrogen-bond acceptors (Lipinski definition) is 3. The van der Waals surface area contributed by atoms with Gasteiger partial charge < -0.3 is 10.1 Å². The molecular weight excluding hydrogens is 383 g/mol. The zero-order valence-electron chi connectivity index (χ0n) is 15.6. The van der Waals surface area contributed by atoms with Crippen LogP contribution in [0.3, 0.4) is 0 Å². The van der Waals surface area contributed by atoms with E-state index in [1.807, 2.05) is 6.92 Å². The van der Waals surface area contributed by atoms with E-state index in [0.717, 1.165) is 16.5 Å². The second-order valence-electron chi connectivity index (χ2n) is 6.95. The first-order valence-corrected chi connectivity index (χ1v) is 9.04. The summed E-state index contributed by atoms with van der Waals surface area (Å²) in [6.45, 7) is 7.48. The summed E-state index contributed by atoms with van der Waals surface area (Å²) < 4.78 is 19.6. The summed E-state index contributed by atoms with van der Waals surface area (Å²) in [5.74, 6) is -0.393. The summed E-state index contributed by atoms with van der Waals surface area (Å²) >= 11 is 5.75. The molecule has 1 N–H and O–H groups in total. The smallest absolute Gasteiger partial charge is 0.325 e. The fourth-order valence-corrected chi connectivity index (χ4v) is 3.11. The molecule has 1 heterocycles. The number of rotatable bonds is 6. The number of benzene rings is 2. The quantitative estimate of drug-likeness (QED) is 0.575. The maximum Gasteiger partial charge on any atom is 0.325 e. The van der Waals surface area contributed by atoms with Gasteiger partial charge in [-0.2, -0.15) is 0 Å². The van der Waals surface area contributed by atoms with Crippen molar-refractivity contribution in [1.82, 2.24) is 10.2 Å². The van der Waals surface area contributed by atoms with Crippen LogP contribution in [0.15, 0.2) is 54.6 Å². The van der Waals surface area contributed by atoms with Gasteiger partial charge in [-0.15, -0.1) is 0 Å². The number of ether oxygens (including phenoxy) is 1. The van der Waals surface area contributed by atoms with Gasteiger partial charge in [-0.05, 0) is 49.2 Å². The molecule has 0 aliphatic carbocycles. The SMILES string of the molecule is C=C(C)COc1ccc(C2(C)NC(=O)N(Cc3ccc(Cl)cc3F)C2=O)cc1. The topological polar surface area (TPSA) is 58.6 Å². The Morgan fingerprint density at radius 1 is 1.25 bits per heavy atom. The number of carbonyl (C=O) groups excluding carboxylic acids is 2. The molecule has 3 rings (SSSR count). The van der Waals surface area contributed by atoms with Gasteiger partial charge in [0.2, 0.25) is 0 Å². The standard InChI is InChI=1S/C21H20ClFN2O3/c1-13(2)12-28-17-8-5-15(6-9-17)21(3)19(26)25(20(27)24-21)11-14-4-7-16(22)10-18(14)23/h4-10H,1,11-12H2,2-3H3,(H,24,27). The molecule has 0 spiro atoms. The lowest BCUT2D eigenvalue weighted by molar-refractivity contribution is -0.131. The second kappa shape index (κ2) is 7.64. The van der Waals surface area contributed by atoms with Crippen molar-refractivity contribution >= 4 is 23.5 Å². The molecule has 146 valence electrons. The number of halogens is 2. The predicted molar refractivity (Wildman–Crippen MR) is 105 cm³/mol. The zero-order valence-corrected chi connectivity index (χ0v) is 16.3. The van der Waals surface area contributed by atoms with Gasteiger partial charge in [0.25, 0.3) is 5.91 Å². The Labute approximate surface area is 167 Å². The molecular formula is C21H20ClFN2O3. The molecule has 2 aromatic carbocycles. The van der Waals surface area contributed by atoms with Crippen molar-refractivity contribution in [2.24, 2.45) is 0 Å². The summed E-state index contributed by atoms with van der Waals surface area (Å²) in [6, 6.07) is 10.4. The molecule has 5 nitrogen and oxygen atoms in total. The van der Waals surface area contributed by atoms with Gasteiger partial charge >= 0.3 is 6.03 Å². The van der Waals surface area contributed by atoms with Crippen LogP contribution in [0, 0.1) is 5.82 Å². The van der Waals surface area contributed by atoms with Gasteiger partial charge in [-0.3, -0.25) is 9.69 Å². The lowest BCUT2D eigenvalue weighted by atomic mass is 9.92. The molecule has 0 aromatic heterocycles. The summed E-state index contributed by atoms with van der Waals surface area (Å²) in [4.78, 5) is 26.4. The van der Waals surface area contributed by atoms with Crippen molar-refractivity contribution in [3.8, 4) is 5.75 Å². The minimum atomic E-state index is -1.24. The number of nitrogens with one attached hydrogen (secondary N) is 1. The van der Waals surface area contributed by atoms with E-state index in [4.69, 9.17) is 16.3 Å². The number of imide groups is 1. The Balaban J connectivity index is 1.80. The van der Waals surface area contributed by atoms with Crippen molar-refractivity contribution in [2.45, 2.75) is 25.9 Å². The molecule has 0 saturated carbocycles. The average molecular weight is 403 g/mol. The van der Waals surface area contributed by atoms with Crippen LogP contribution in [0.4, 0.5) is 9.18 Å². The van der Waals surface area contributed by atoms with Gasteiger partial charge in [0, 0.05) is 10.6 Å². The van der Waals surface area contributed by atoms with Crippen LogP contribution in [0.1, 0.15) is 25.0 Å². The molecule has 1 aliphatic rings. The van der Waals surface area contributed by atoms with E-state index in [0.29, 0.717) is 17.9 Å². The molecule has 1 aliphatic heterocycles. The van der Waals surface area contributed by atoms with Crippen molar-refractivity contribution in [3.63, 3.8) is 0 Å². The Morgan fingerprint density at radius 2 is 1.93 bits per heavy atom. The number of hydrogen-bond donors (Lipinski definition) is 1. The first-order chi connectivity index (χ1) is 13.2. The fourth-order valence-electron chi connectivity index (χ4n) is 2.95. The summed E-state index contributed by atoms with van der Waals surface area (Å²) in [7, 11) is 0. The molecule has 7 heteroatoms. The van der Waals surface area contributed by atoms with Crippen molar-refractivity contribution in [3.05, 3.63) is 76.6 Å². The Hall–Kier alpha value is -2.86. The minimum Gasteiger partial charge on any atom is -0.489 e. The van der Waals surface area contributed by atoms with Gasteiger partial charge in [0.05, 0.1) is 6.54 Å². The van der Waals surface area contributed by atoms with Gasteiger partial charge in [-0.1, -0.05) is 36.4 Å². The van der Waals surface area contributed by atoms with E-state index in [2.05, 4.69) is 11.9 Å². The minimum absolute atomic E-state index is 0.178. The second-order valence-corrected chi connectivity index (χ2v) is 7.39. The van der Waals surface area contributed by atoms with Gasteiger partial charge in [-0.25, -0.2) is 9.18 Å². The Morgan fingerprint density at radius 3 is 2.54 bits per heavy atom. The number of amides is 3. The highest BCUT2D eigenvalue weighted by Gasteiger charge is 2.49. The van der Waals surface area contributed by atoms with Crippen LogP contribution in [-0.4, -0.2) is 23.4 Å². The third-order valence-corrected chi connectivity index (χ3v) is 4.77. The van der Waals surface area contributed by atoms with Crippen molar-refractivity contribution in [2.75, 3.05) is 6.61 Å². The number of urea groups is 1. The lowest BCUT2D eigenvalue weighted by Crippen LogP contribution is -2.40. The van der Waals surface area contributed by atoms with Crippen LogP contribution in [0.25, 0.3) is 0 Å². The van der Waals surface area contributed by atoms with Gasteiger partial charge in [0.1, 0.15) is 23.7 Å². The molecule has 1 atom stereocenters. The molecule has 2 aromatic rings. The van der Waals surface area contributed by atoms with Crippen molar-refractivity contribution in [1.29, 1.82) is 0 Å².